The molecule has 0 unspecified atom stereocenters. The number of hydrogen-bond donors (Lipinski definition) is 2. The largest absolute Gasteiger partial charge is 0.478 e. The van der Waals surface area contributed by atoms with Gasteiger partial charge in [-0.3, -0.25) is 4.72 Å². The highest BCUT2D eigenvalue weighted by molar-refractivity contribution is 7.92. The van der Waals surface area contributed by atoms with E-state index in [1.54, 1.807) is 36.4 Å². The maximum atomic E-state index is 13.0. The third-order valence-corrected chi connectivity index (χ3v) is 8.46. The fraction of sp³-hybridized carbons (Fsp3) is 0.500. The SMILES string of the molecule is Cc1ccc(S(=O)(=O)Nc2cc(C(=O)O)ccc2N2CCC(CCN3CCCCC3)CC2)cc1. The van der Waals surface area contributed by atoms with Gasteiger partial charge in [-0.2, -0.15) is 0 Å². The van der Waals surface area contributed by atoms with Crippen LogP contribution in [0, 0.1) is 12.8 Å². The van der Waals surface area contributed by atoms with Crippen molar-refractivity contribution in [3.63, 3.8) is 0 Å². The minimum Gasteiger partial charge on any atom is -0.478 e. The van der Waals surface area contributed by atoms with Crippen LogP contribution in [0.15, 0.2) is 47.4 Å². The van der Waals surface area contributed by atoms with Crippen molar-refractivity contribution < 1.29 is 18.3 Å². The summed E-state index contributed by atoms with van der Waals surface area (Å²) < 4.78 is 28.7. The van der Waals surface area contributed by atoms with E-state index in [4.69, 9.17) is 0 Å². The smallest absolute Gasteiger partial charge is 0.335 e. The number of benzene rings is 2. The summed E-state index contributed by atoms with van der Waals surface area (Å²) in [5.41, 5.74) is 2.07. The van der Waals surface area contributed by atoms with E-state index < -0.39 is 16.0 Å². The van der Waals surface area contributed by atoms with Crippen molar-refractivity contribution in [3.05, 3.63) is 53.6 Å². The minimum absolute atomic E-state index is 0.0572. The second kappa shape index (κ2) is 10.8. The summed E-state index contributed by atoms with van der Waals surface area (Å²) in [6, 6.07) is 11.3. The van der Waals surface area contributed by atoms with Crippen molar-refractivity contribution in [2.75, 3.05) is 42.3 Å². The molecule has 2 aliphatic heterocycles. The summed E-state index contributed by atoms with van der Waals surface area (Å²) in [5, 5.41) is 9.46. The zero-order chi connectivity index (χ0) is 24.1. The highest BCUT2D eigenvalue weighted by atomic mass is 32.2. The van der Waals surface area contributed by atoms with Crippen LogP contribution in [0.3, 0.4) is 0 Å². The number of carbonyl (C=O) groups is 1. The number of aromatic carboxylic acids is 1. The maximum absolute atomic E-state index is 13.0. The maximum Gasteiger partial charge on any atom is 0.335 e. The summed E-state index contributed by atoms with van der Waals surface area (Å²) in [5.74, 6) is -0.414. The van der Waals surface area contributed by atoms with Crippen LogP contribution in [0.25, 0.3) is 0 Å². The number of nitrogens with zero attached hydrogens (tertiary/aromatic N) is 2. The van der Waals surface area contributed by atoms with E-state index in [9.17, 15) is 18.3 Å². The van der Waals surface area contributed by atoms with Gasteiger partial charge in [-0.1, -0.05) is 24.1 Å². The molecule has 2 aliphatic rings. The highest BCUT2D eigenvalue weighted by Crippen LogP contribution is 2.33. The third kappa shape index (κ3) is 6.10. The van der Waals surface area contributed by atoms with Gasteiger partial charge < -0.3 is 14.9 Å². The Morgan fingerprint density at radius 2 is 1.68 bits per heavy atom. The van der Waals surface area contributed by atoms with Gasteiger partial charge in [-0.25, -0.2) is 13.2 Å². The summed E-state index contributed by atoms with van der Waals surface area (Å²) in [6.45, 7) is 7.17. The third-order valence-electron chi connectivity index (χ3n) is 7.08. The molecule has 0 atom stereocenters. The van der Waals surface area contributed by atoms with Crippen LogP contribution in [-0.2, 0) is 10.0 Å². The molecular weight excluding hydrogens is 450 g/mol. The number of hydrogen-bond acceptors (Lipinski definition) is 5. The van der Waals surface area contributed by atoms with Crippen LogP contribution in [0.4, 0.5) is 11.4 Å². The molecule has 0 spiro atoms. The molecule has 2 heterocycles. The number of nitrogens with one attached hydrogen (secondary N) is 1. The normalized spacial score (nSPS) is 18.1. The van der Waals surface area contributed by atoms with Crippen molar-refractivity contribution in [2.24, 2.45) is 5.92 Å². The zero-order valence-corrected chi connectivity index (χ0v) is 20.7. The molecular formula is C26H35N3O4S. The van der Waals surface area contributed by atoms with Crippen LogP contribution in [0.2, 0.25) is 0 Å². The second-order valence-electron chi connectivity index (χ2n) is 9.58. The number of carboxylic acid groups (broad SMARTS) is 1. The lowest BCUT2D eigenvalue weighted by Gasteiger charge is -2.36. The summed E-state index contributed by atoms with van der Waals surface area (Å²) in [7, 11) is -3.84. The lowest BCUT2D eigenvalue weighted by atomic mass is 9.92. The molecule has 0 aromatic heterocycles. The molecule has 2 aromatic carbocycles. The van der Waals surface area contributed by atoms with E-state index in [2.05, 4.69) is 14.5 Å². The molecule has 2 aromatic rings. The second-order valence-corrected chi connectivity index (χ2v) is 11.3. The first kappa shape index (κ1) is 24.5. The zero-order valence-electron chi connectivity index (χ0n) is 19.9. The van der Waals surface area contributed by atoms with Crippen molar-refractivity contribution in [1.29, 1.82) is 0 Å². The van der Waals surface area contributed by atoms with Crippen LogP contribution in [0.1, 0.15) is 54.4 Å². The number of piperidine rings is 2. The number of likely N-dealkylation sites (tertiary alicyclic amines) is 1. The van der Waals surface area contributed by atoms with Gasteiger partial charge in [0.05, 0.1) is 21.8 Å². The number of carboxylic acids is 1. The molecule has 34 heavy (non-hydrogen) atoms. The van der Waals surface area contributed by atoms with Gasteiger partial charge in [0.1, 0.15) is 0 Å². The predicted molar refractivity (Wildman–Crippen MR) is 135 cm³/mol. The standard InChI is InChI=1S/C26H35N3O4S/c1-20-5-8-23(9-6-20)34(32,33)27-24-19-22(26(30)31)7-10-25(24)29-17-12-21(13-18-29)11-16-28-14-3-2-4-15-28/h5-10,19,21,27H,2-4,11-18H2,1H3,(H,30,31). The first-order chi connectivity index (χ1) is 16.3. The molecule has 0 saturated carbocycles. The molecule has 2 N–H and O–H groups in total. The minimum atomic E-state index is -3.84. The molecule has 7 nitrogen and oxygen atoms in total. The fourth-order valence-corrected chi connectivity index (χ4v) is 6.02. The van der Waals surface area contributed by atoms with Gasteiger partial charge in [-0.05, 0) is 94.9 Å². The van der Waals surface area contributed by atoms with Crippen molar-refractivity contribution in [3.8, 4) is 0 Å². The average molecular weight is 486 g/mol. The quantitative estimate of drug-likeness (QED) is 0.569. The van der Waals surface area contributed by atoms with Crippen LogP contribution < -0.4 is 9.62 Å². The fourth-order valence-electron chi connectivity index (χ4n) is 4.96. The van der Waals surface area contributed by atoms with Crippen LogP contribution in [0.5, 0.6) is 0 Å². The van der Waals surface area contributed by atoms with Gasteiger partial charge in [0, 0.05) is 13.1 Å². The Hall–Kier alpha value is -2.58. The number of anilines is 2. The monoisotopic (exact) mass is 485 g/mol. The Labute approximate surface area is 202 Å². The van der Waals surface area contributed by atoms with Gasteiger partial charge in [0.25, 0.3) is 10.0 Å². The van der Waals surface area contributed by atoms with E-state index in [-0.39, 0.29) is 10.5 Å². The van der Waals surface area contributed by atoms with Crippen molar-refractivity contribution >= 4 is 27.4 Å². The number of rotatable bonds is 8. The molecule has 2 fully saturated rings. The van der Waals surface area contributed by atoms with Gasteiger partial charge in [0.2, 0.25) is 0 Å². The van der Waals surface area contributed by atoms with Crippen molar-refractivity contribution in [1.82, 2.24) is 4.90 Å². The molecule has 8 heteroatoms. The predicted octanol–water partition coefficient (Wildman–Crippen LogP) is 4.59. The Morgan fingerprint density at radius 3 is 2.32 bits per heavy atom. The summed E-state index contributed by atoms with van der Waals surface area (Å²) in [4.78, 5) is 16.5. The average Bonchev–Trinajstić information content (AvgIpc) is 2.84. The summed E-state index contributed by atoms with van der Waals surface area (Å²) >= 11 is 0. The topological polar surface area (TPSA) is 89.9 Å². The molecule has 0 aliphatic carbocycles. The van der Waals surface area contributed by atoms with E-state index in [1.165, 1.54) is 51.4 Å². The number of sulfonamides is 1. The first-order valence-electron chi connectivity index (χ1n) is 12.3. The Bertz CT molecular complexity index is 1090. The highest BCUT2D eigenvalue weighted by Gasteiger charge is 2.25. The van der Waals surface area contributed by atoms with E-state index in [0.717, 1.165) is 37.2 Å². The lowest BCUT2D eigenvalue weighted by molar-refractivity contribution is 0.0697. The van der Waals surface area contributed by atoms with E-state index in [1.807, 2.05) is 6.92 Å². The van der Waals surface area contributed by atoms with Crippen LogP contribution >= 0.6 is 0 Å². The van der Waals surface area contributed by atoms with Crippen molar-refractivity contribution in [2.45, 2.75) is 50.3 Å². The Kier molecular flexibility index (Phi) is 7.78. The van der Waals surface area contributed by atoms with E-state index in [0.29, 0.717) is 11.6 Å². The van der Waals surface area contributed by atoms with E-state index >= 15 is 0 Å². The van der Waals surface area contributed by atoms with Gasteiger partial charge in [-0.15, -0.1) is 0 Å². The first-order valence-corrected chi connectivity index (χ1v) is 13.7. The van der Waals surface area contributed by atoms with Gasteiger partial charge >= 0.3 is 5.97 Å². The molecule has 0 radical (unpaired) electrons. The van der Waals surface area contributed by atoms with Crippen LogP contribution in [-0.4, -0.2) is 57.1 Å². The Balaban J connectivity index is 1.46. The molecule has 184 valence electrons. The molecule has 2 saturated heterocycles. The number of aryl methyl sites for hydroxylation is 1. The summed E-state index contributed by atoms with van der Waals surface area (Å²) in [6.07, 6.45) is 7.29. The van der Waals surface area contributed by atoms with Gasteiger partial charge in [0.15, 0.2) is 0 Å². The molecule has 0 bridgehead atoms. The Morgan fingerprint density at radius 1 is 1.00 bits per heavy atom. The molecule has 0 amide bonds. The molecule has 4 rings (SSSR count). The lowest BCUT2D eigenvalue weighted by Crippen LogP contribution is -2.36.